The largest absolute Gasteiger partial charge is 0.454 e. The van der Waals surface area contributed by atoms with E-state index in [0.717, 1.165) is 22.6 Å². The molecule has 0 aliphatic carbocycles. The zero-order valence-corrected chi connectivity index (χ0v) is 10.6. The highest BCUT2D eigenvalue weighted by atomic mass is 16.7. The number of benzene rings is 1. The lowest BCUT2D eigenvalue weighted by molar-refractivity contribution is 0.174. The van der Waals surface area contributed by atoms with E-state index in [4.69, 9.17) is 9.47 Å². The van der Waals surface area contributed by atoms with Crippen LogP contribution in [0.2, 0.25) is 0 Å². The van der Waals surface area contributed by atoms with Crippen molar-refractivity contribution in [3.63, 3.8) is 0 Å². The molecule has 1 aliphatic heterocycles. The Balaban J connectivity index is 2.02. The Labute approximate surface area is 109 Å². The van der Waals surface area contributed by atoms with Gasteiger partial charge in [0.2, 0.25) is 6.79 Å². The third-order valence-corrected chi connectivity index (χ3v) is 3.00. The van der Waals surface area contributed by atoms with Crippen LogP contribution in [0.3, 0.4) is 0 Å². The van der Waals surface area contributed by atoms with Gasteiger partial charge in [-0.25, -0.2) is 4.79 Å². The third-order valence-electron chi connectivity index (χ3n) is 3.00. The van der Waals surface area contributed by atoms with Gasteiger partial charge in [-0.15, -0.1) is 0 Å². The lowest BCUT2D eigenvalue weighted by atomic mass is 10.1. The second-order valence-electron chi connectivity index (χ2n) is 4.20. The summed E-state index contributed by atoms with van der Waals surface area (Å²) in [5.41, 5.74) is 2.61. The number of nitrogens with one attached hydrogen (secondary N) is 1. The molecule has 1 amide bonds. The molecule has 0 radical (unpaired) electrons. The maximum absolute atomic E-state index is 11.5. The number of fused-ring (bicyclic) bond motifs is 1. The van der Waals surface area contributed by atoms with Crippen molar-refractivity contribution in [2.45, 2.75) is 6.92 Å². The van der Waals surface area contributed by atoms with Crippen molar-refractivity contribution in [2.75, 3.05) is 13.8 Å². The van der Waals surface area contributed by atoms with Crippen molar-refractivity contribution in [1.29, 1.82) is 0 Å². The SMILES string of the molecule is CNC(=O)n1cc(-c2ccc3c(c2)OCO3)c(C)n1. The van der Waals surface area contributed by atoms with Gasteiger partial charge in [-0.05, 0) is 24.6 Å². The van der Waals surface area contributed by atoms with E-state index < -0.39 is 0 Å². The van der Waals surface area contributed by atoms with E-state index in [9.17, 15) is 4.79 Å². The molecular weight excluding hydrogens is 246 g/mol. The average molecular weight is 259 g/mol. The number of hydrogen-bond donors (Lipinski definition) is 1. The maximum Gasteiger partial charge on any atom is 0.341 e. The topological polar surface area (TPSA) is 65.4 Å². The minimum atomic E-state index is -0.268. The fourth-order valence-electron chi connectivity index (χ4n) is 2.03. The van der Waals surface area contributed by atoms with Crippen molar-refractivity contribution >= 4 is 6.03 Å². The summed E-state index contributed by atoms with van der Waals surface area (Å²) >= 11 is 0. The first-order valence-electron chi connectivity index (χ1n) is 5.87. The Kier molecular flexibility index (Phi) is 2.63. The van der Waals surface area contributed by atoms with Crippen LogP contribution >= 0.6 is 0 Å². The molecule has 0 bridgehead atoms. The van der Waals surface area contributed by atoms with E-state index in [0.29, 0.717) is 5.75 Å². The van der Waals surface area contributed by atoms with Crippen LogP contribution in [0.1, 0.15) is 5.69 Å². The van der Waals surface area contributed by atoms with Gasteiger partial charge in [-0.2, -0.15) is 9.78 Å². The predicted octanol–water partition coefficient (Wildman–Crippen LogP) is 1.77. The van der Waals surface area contributed by atoms with Crippen molar-refractivity contribution in [1.82, 2.24) is 15.1 Å². The number of nitrogens with zero attached hydrogens (tertiary/aromatic N) is 2. The highest BCUT2D eigenvalue weighted by Crippen LogP contribution is 2.36. The van der Waals surface area contributed by atoms with Crippen molar-refractivity contribution < 1.29 is 14.3 Å². The van der Waals surface area contributed by atoms with E-state index in [2.05, 4.69) is 10.4 Å². The summed E-state index contributed by atoms with van der Waals surface area (Å²) in [7, 11) is 1.57. The highest BCUT2D eigenvalue weighted by Gasteiger charge is 2.16. The van der Waals surface area contributed by atoms with Gasteiger partial charge >= 0.3 is 6.03 Å². The minimum Gasteiger partial charge on any atom is -0.454 e. The van der Waals surface area contributed by atoms with Gasteiger partial charge < -0.3 is 14.8 Å². The van der Waals surface area contributed by atoms with E-state index in [-0.39, 0.29) is 12.8 Å². The fraction of sp³-hybridized carbons (Fsp3) is 0.231. The molecule has 6 nitrogen and oxygen atoms in total. The highest BCUT2D eigenvalue weighted by molar-refractivity contribution is 5.78. The second-order valence-corrected chi connectivity index (χ2v) is 4.20. The first-order chi connectivity index (χ1) is 9.19. The van der Waals surface area contributed by atoms with Gasteiger partial charge in [-0.1, -0.05) is 6.07 Å². The maximum atomic E-state index is 11.5. The quantitative estimate of drug-likeness (QED) is 0.847. The van der Waals surface area contributed by atoms with E-state index in [1.165, 1.54) is 4.68 Å². The zero-order valence-electron chi connectivity index (χ0n) is 10.6. The molecule has 98 valence electrons. The van der Waals surface area contributed by atoms with Crippen molar-refractivity contribution in [3.05, 3.63) is 30.1 Å². The van der Waals surface area contributed by atoms with E-state index in [1.54, 1.807) is 13.2 Å². The van der Waals surface area contributed by atoms with Crippen molar-refractivity contribution in [3.8, 4) is 22.6 Å². The van der Waals surface area contributed by atoms with Gasteiger partial charge in [0.25, 0.3) is 0 Å². The molecule has 0 saturated heterocycles. The van der Waals surface area contributed by atoms with Crippen LogP contribution in [-0.2, 0) is 0 Å². The number of carbonyl (C=O) groups excluding carboxylic acids is 1. The summed E-state index contributed by atoms with van der Waals surface area (Å²) in [5.74, 6) is 1.45. The van der Waals surface area contributed by atoms with Crippen LogP contribution in [0, 0.1) is 6.92 Å². The summed E-state index contributed by atoms with van der Waals surface area (Å²) in [6.45, 7) is 2.11. The monoisotopic (exact) mass is 259 g/mol. The summed E-state index contributed by atoms with van der Waals surface area (Å²) in [5, 5.41) is 6.72. The minimum absolute atomic E-state index is 0.245. The van der Waals surface area contributed by atoms with Crippen LogP contribution in [0.15, 0.2) is 24.4 Å². The van der Waals surface area contributed by atoms with E-state index in [1.807, 2.05) is 25.1 Å². The van der Waals surface area contributed by atoms with Crippen LogP contribution in [0.4, 0.5) is 4.79 Å². The second kappa shape index (κ2) is 4.31. The number of hydrogen-bond acceptors (Lipinski definition) is 4. The molecule has 1 aliphatic rings. The molecule has 6 heteroatoms. The summed E-state index contributed by atoms with van der Waals surface area (Å²) in [6, 6.07) is 5.40. The Morgan fingerprint density at radius 2 is 2.16 bits per heavy atom. The number of carbonyl (C=O) groups is 1. The van der Waals surface area contributed by atoms with Crippen LogP contribution < -0.4 is 14.8 Å². The Bertz CT molecular complexity index is 649. The van der Waals surface area contributed by atoms with Gasteiger partial charge in [0.1, 0.15) is 0 Å². The molecule has 0 fully saturated rings. The standard InChI is InChI=1S/C13H13N3O3/c1-8-10(6-16(15-8)13(17)14-2)9-3-4-11-12(5-9)19-7-18-11/h3-6H,7H2,1-2H3,(H,14,17). The van der Waals surface area contributed by atoms with Gasteiger partial charge in [0.15, 0.2) is 11.5 Å². The van der Waals surface area contributed by atoms with Gasteiger partial charge in [0, 0.05) is 18.8 Å². The molecule has 19 heavy (non-hydrogen) atoms. The van der Waals surface area contributed by atoms with Crippen LogP contribution in [0.5, 0.6) is 11.5 Å². The van der Waals surface area contributed by atoms with Crippen LogP contribution in [-0.4, -0.2) is 29.7 Å². The summed E-state index contributed by atoms with van der Waals surface area (Å²) < 4.78 is 11.9. The fourth-order valence-corrected chi connectivity index (χ4v) is 2.03. The predicted molar refractivity (Wildman–Crippen MR) is 68.4 cm³/mol. The summed E-state index contributed by atoms with van der Waals surface area (Å²) in [4.78, 5) is 11.5. The Hall–Kier alpha value is -2.50. The molecule has 0 unspecified atom stereocenters. The van der Waals surface area contributed by atoms with E-state index >= 15 is 0 Å². The average Bonchev–Trinajstić information content (AvgIpc) is 3.03. The number of rotatable bonds is 1. The molecule has 0 saturated carbocycles. The lowest BCUT2D eigenvalue weighted by Gasteiger charge is -2.01. The lowest BCUT2D eigenvalue weighted by Crippen LogP contribution is -2.24. The van der Waals surface area contributed by atoms with Crippen molar-refractivity contribution in [2.24, 2.45) is 0 Å². The molecule has 1 aromatic carbocycles. The normalized spacial score (nSPS) is 12.5. The zero-order chi connectivity index (χ0) is 13.4. The van der Waals surface area contributed by atoms with Gasteiger partial charge in [-0.3, -0.25) is 0 Å². The molecular formula is C13H13N3O3. The number of aromatic nitrogens is 2. The number of ether oxygens (including phenoxy) is 2. The Morgan fingerprint density at radius 1 is 1.37 bits per heavy atom. The number of aryl methyl sites for hydroxylation is 1. The first kappa shape index (κ1) is 11.6. The summed E-state index contributed by atoms with van der Waals surface area (Å²) in [6.07, 6.45) is 1.70. The molecule has 2 heterocycles. The first-order valence-corrected chi connectivity index (χ1v) is 5.87. The molecule has 1 N–H and O–H groups in total. The molecule has 2 aromatic rings. The molecule has 0 spiro atoms. The van der Waals surface area contributed by atoms with Gasteiger partial charge in [0.05, 0.1) is 5.69 Å². The molecule has 3 rings (SSSR count). The third kappa shape index (κ3) is 1.91. The molecule has 1 aromatic heterocycles. The van der Waals surface area contributed by atoms with Crippen LogP contribution in [0.25, 0.3) is 11.1 Å². The number of amides is 1. The molecule has 0 atom stereocenters. The Morgan fingerprint density at radius 3 is 2.95 bits per heavy atom. The smallest absolute Gasteiger partial charge is 0.341 e.